The van der Waals surface area contributed by atoms with Crippen molar-refractivity contribution in [1.82, 2.24) is 4.98 Å². The summed E-state index contributed by atoms with van der Waals surface area (Å²) in [6.07, 6.45) is 3.38. The van der Waals surface area contributed by atoms with Crippen LogP contribution >= 0.6 is 24.8 Å². The molecule has 0 aliphatic heterocycles. The van der Waals surface area contributed by atoms with Crippen LogP contribution < -0.4 is 5.32 Å². The fourth-order valence-corrected chi connectivity index (χ4v) is 0.806. The first-order valence-electron chi connectivity index (χ1n) is 2.69. The third kappa shape index (κ3) is 2.33. The Bertz CT molecular complexity index is 222. The van der Waals surface area contributed by atoms with Crippen molar-refractivity contribution >= 4 is 34.9 Å². The van der Waals surface area contributed by atoms with E-state index in [0.29, 0.717) is 4.32 Å². The standard InChI is InChI=1S/C6H6N2S2/c9-6(10)8-5-1-3-7-4-2-5/h1-4H,(H2,7,8,9,10). The molecule has 0 aliphatic carbocycles. The number of hydrogen-bond donors (Lipinski definition) is 2. The number of aromatic nitrogens is 1. The van der Waals surface area contributed by atoms with Crippen LogP contribution in [0.5, 0.6) is 0 Å². The van der Waals surface area contributed by atoms with Gasteiger partial charge in [-0.25, -0.2) is 0 Å². The third-order valence-corrected chi connectivity index (χ3v) is 1.15. The summed E-state index contributed by atoms with van der Waals surface area (Å²) in [6.45, 7) is 0. The van der Waals surface area contributed by atoms with Crippen molar-refractivity contribution in [2.75, 3.05) is 5.32 Å². The van der Waals surface area contributed by atoms with Crippen molar-refractivity contribution in [2.45, 2.75) is 0 Å². The molecule has 1 N–H and O–H groups in total. The maximum atomic E-state index is 4.71. The second-order valence-corrected chi connectivity index (χ2v) is 2.82. The number of nitrogens with one attached hydrogen (secondary N) is 1. The van der Waals surface area contributed by atoms with Crippen LogP contribution in [0.3, 0.4) is 0 Å². The third-order valence-electron chi connectivity index (χ3n) is 0.932. The molecule has 0 bridgehead atoms. The van der Waals surface area contributed by atoms with Gasteiger partial charge in [-0.05, 0) is 12.1 Å². The molecule has 1 aromatic rings. The minimum Gasteiger partial charge on any atom is -0.341 e. The first-order valence-corrected chi connectivity index (χ1v) is 3.54. The van der Waals surface area contributed by atoms with E-state index in [-0.39, 0.29) is 0 Å². The second-order valence-electron chi connectivity index (χ2n) is 1.67. The molecular weight excluding hydrogens is 164 g/mol. The van der Waals surface area contributed by atoms with Gasteiger partial charge in [-0.2, -0.15) is 0 Å². The van der Waals surface area contributed by atoms with Crippen LogP contribution in [0.1, 0.15) is 0 Å². The molecule has 0 fully saturated rings. The highest BCUT2D eigenvalue weighted by Crippen LogP contribution is 2.03. The van der Waals surface area contributed by atoms with Crippen LogP contribution in [0.2, 0.25) is 0 Å². The van der Waals surface area contributed by atoms with E-state index in [9.17, 15) is 0 Å². The van der Waals surface area contributed by atoms with Crippen molar-refractivity contribution in [1.29, 1.82) is 0 Å². The zero-order valence-electron chi connectivity index (χ0n) is 5.11. The second kappa shape index (κ2) is 3.53. The van der Waals surface area contributed by atoms with Crippen molar-refractivity contribution in [3.05, 3.63) is 24.5 Å². The highest BCUT2D eigenvalue weighted by atomic mass is 32.1. The normalized spacial score (nSPS) is 8.90. The molecule has 0 saturated heterocycles. The monoisotopic (exact) mass is 170 g/mol. The molecule has 4 heteroatoms. The predicted octanol–water partition coefficient (Wildman–Crippen LogP) is 1.71. The van der Waals surface area contributed by atoms with Crippen LogP contribution in [-0.4, -0.2) is 9.30 Å². The van der Waals surface area contributed by atoms with Crippen molar-refractivity contribution in [3.8, 4) is 0 Å². The lowest BCUT2D eigenvalue weighted by molar-refractivity contribution is 1.33. The van der Waals surface area contributed by atoms with Gasteiger partial charge in [0, 0.05) is 18.1 Å². The molecule has 1 rings (SSSR count). The van der Waals surface area contributed by atoms with Gasteiger partial charge in [0.15, 0.2) is 0 Å². The van der Waals surface area contributed by atoms with E-state index < -0.39 is 0 Å². The molecule has 0 aromatic carbocycles. The maximum Gasteiger partial charge on any atom is 0.135 e. The van der Waals surface area contributed by atoms with Crippen molar-refractivity contribution < 1.29 is 0 Å². The summed E-state index contributed by atoms with van der Waals surface area (Å²) >= 11 is 8.62. The molecule has 0 unspecified atom stereocenters. The van der Waals surface area contributed by atoms with Gasteiger partial charge in [0.25, 0.3) is 0 Å². The average molecular weight is 170 g/mol. The van der Waals surface area contributed by atoms with E-state index in [4.69, 9.17) is 12.2 Å². The molecule has 1 heterocycles. The molecule has 0 aliphatic rings. The molecule has 52 valence electrons. The van der Waals surface area contributed by atoms with Gasteiger partial charge in [0.05, 0.1) is 0 Å². The summed E-state index contributed by atoms with van der Waals surface area (Å²) in [5.74, 6) is 0. The summed E-state index contributed by atoms with van der Waals surface area (Å²) in [7, 11) is 0. The van der Waals surface area contributed by atoms with Gasteiger partial charge in [-0.1, -0.05) is 12.2 Å². The Morgan fingerprint density at radius 2 is 2.10 bits per heavy atom. The number of nitrogens with zero attached hydrogens (tertiary/aromatic N) is 1. The Balaban J connectivity index is 2.67. The Hall–Kier alpha value is -0.610. The Kier molecular flexibility index (Phi) is 2.65. The lowest BCUT2D eigenvalue weighted by atomic mass is 10.4. The number of thiol groups is 1. The van der Waals surface area contributed by atoms with E-state index in [1.54, 1.807) is 12.4 Å². The van der Waals surface area contributed by atoms with Crippen molar-refractivity contribution in [2.24, 2.45) is 0 Å². The first-order chi connectivity index (χ1) is 4.79. The lowest BCUT2D eigenvalue weighted by Gasteiger charge is -1.99. The molecule has 0 spiro atoms. The number of pyridine rings is 1. The van der Waals surface area contributed by atoms with Crippen LogP contribution in [0, 0.1) is 0 Å². The zero-order chi connectivity index (χ0) is 7.40. The Morgan fingerprint density at radius 1 is 1.50 bits per heavy atom. The van der Waals surface area contributed by atoms with Crippen LogP contribution in [-0.2, 0) is 0 Å². The van der Waals surface area contributed by atoms with E-state index in [2.05, 4.69) is 22.9 Å². The Labute approximate surface area is 70.1 Å². The molecular formula is C6H6N2S2. The van der Waals surface area contributed by atoms with E-state index in [0.717, 1.165) is 5.69 Å². The number of thiocarbonyl (C=S) groups is 1. The van der Waals surface area contributed by atoms with E-state index in [1.807, 2.05) is 12.1 Å². The topological polar surface area (TPSA) is 24.9 Å². The minimum atomic E-state index is 0.464. The minimum absolute atomic E-state index is 0.464. The fourth-order valence-electron chi connectivity index (χ4n) is 0.559. The number of anilines is 1. The van der Waals surface area contributed by atoms with Crippen LogP contribution in [0.4, 0.5) is 5.69 Å². The molecule has 2 nitrogen and oxygen atoms in total. The average Bonchev–Trinajstić information content (AvgIpc) is 1.88. The molecule has 1 aromatic heterocycles. The van der Waals surface area contributed by atoms with E-state index >= 15 is 0 Å². The molecule has 0 saturated carbocycles. The quantitative estimate of drug-likeness (QED) is 0.496. The van der Waals surface area contributed by atoms with Gasteiger partial charge in [-0.3, -0.25) is 4.98 Å². The highest BCUT2D eigenvalue weighted by molar-refractivity contribution is 8.11. The molecule has 0 atom stereocenters. The smallest absolute Gasteiger partial charge is 0.135 e. The number of hydrogen-bond acceptors (Lipinski definition) is 2. The lowest BCUT2D eigenvalue weighted by Crippen LogP contribution is -1.99. The summed E-state index contributed by atoms with van der Waals surface area (Å²) in [5, 5.41) is 2.86. The molecule has 10 heavy (non-hydrogen) atoms. The van der Waals surface area contributed by atoms with Gasteiger partial charge in [0.2, 0.25) is 0 Å². The zero-order valence-corrected chi connectivity index (χ0v) is 6.82. The summed E-state index contributed by atoms with van der Waals surface area (Å²) in [5.41, 5.74) is 0.912. The fraction of sp³-hybridized carbons (Fsp3) is 0. The summed E-state index contributed by atoms with van der Waals surface area (Å²) in [4.78, 5) is 3.84. The van der Waals surface area contributed by atoms with Crippen molar-refractivity contribution in [3.63, 3.8) is 0 Å². The Morgan fingerprint density at radius 3 is 2.60 bits per heavy atom. The largest absolute Gasteiger partial charge is 0.341 e. The summed E-state index contributed by atoms with van der Waals surface area (Å²) in [6, 6.07) is 3.64. The van der Waals surface area contributed by atoms with Gasteiger partial charge < -0.3 is 5.32 Å². The summed E-state index contributed by atoms with van der Waals surface area (Å²) < 4.78 is 0.464. The predicted molar refractivity (Wildman–Crippen MR) is 49.4 cm³/mol. The molecule has 0 radical (unpaired) electrons. The number of rotatable bonds is 1. The SMILES string of the molecule is S=C(S)Nc1ccncc1. The van der Waals surface area contributed by atoms with Crippen LogP contribution in [0.25, 0.3) is 0 Å². The van der Waals surface area contributed by atoms with Gasteiger partial charge in [-0.15, -0.1) is 12.6 Å². The van der Waals surface area contributed by atoms with Gasteiger partial charge >= 0.3 is 0 Å². The molecule has 0 amide bonds. The van der Waals surface area contributed by atoms with Gasteiger partial charge in [0.1, 0.15) is 4.32 Å². The first kappa shape index (κ1) is 7.50. The van der Waals surface area contributed by atoms with E-state index in [1.165, 1.54) is 0 Å². The maximum absolute atomic E-state index is 4.71. The van der Waals surface area contributed by atoms with Crippen LogP contribution in [0.15, 0.2) is 24.5 Å². The highest BCUT2D eigenvalue weighted by Gasteiger charge is 1.88.